The van der Waals surface area contributed by atoms with Gasteiger partial charge in [0.15, 0.2) is 0 Å². The molecule has 0 aliphatic heterocycles. The van der Waals surface area contributed by atoms with Crippen LogP contribution in [0.4, 0.5) is 5.69 Å². The monoisotopic (exact) mass is 312 g/mol. The minimum absolute atomic E-state index is 0.0363. The molecule has 0 aliphatic carbocycles. The predicted octanol–water partition coefficient (Wildman–Crippen LogP) is 2.34. The average molecular weight is 313 g/mol. The zero-order chi connectivity index (χ0) is 14.8. The lowest BCUT2D eigenvalue weighted by Gasteiger charge is -2.09. The molecular weight excluding hydrogens is 300 g/mol. The lowest BCUT2D eigenvalue weighted by Crippen LogP contribution is -2.13. The van der Waals surface area contributed by atoms with Gasteiger partial charge in [0.2, 0.25) is 0 Å². The second-order valence-corrected chi connectivity index (χ2v) is 6.29. The molecule has 0 spiro atoms. The van der Waals surface area contributed by atoms with Gasteiger partial charge >= 0.3 is 0 Å². The summed E-state index contributed by atoms with van der Waals surface area (Å²) in [6.07, 6.45) is 1.52. The highest BCUT2D eigenvalue weighted by molar-refractivity contribution is 7.92. The highest BCUT2D eigenvalue weighted by atomic mass is 35.5. The summed E-state index contributed by atoms with van der Waals surface area (Å²) >= 11 is 5.90. The first-order valence-corrected chi connectivity index (χ1v) is 7.63. The molecule has 0 radical (unpaired) electrons. The molecule has 0 fully saturated rings. The van der Waals surface area contributed by atoms with E-state index in [4.69, 9.17) is 16.7 Å². The Morgan fingerprint density at radius 3 is 2.65 bits per heavy atom. The van der Waals surface area contributed by atoms with Crippen LogP contribution >= 0.6 is 11.6 Å². The molecule has 0 unspecified atom stereocenters. The molecule has 2 aromatic rings. The van der Waals surface area contributed by atoms with Crippen molar-refractivity contribution in [3.63, 3.8) is 0 Å². The Labute approximate surface area is 122 Å². The lowest BCUT2D eigenvalue weighted by atomic mass is 10.2. The highest BCUT2D eigenvalue weighted by Gasteiger charge is 2.15. The summed E-state index contributed by atoms with van der Waals surface area (Å²) in [7, 11) is -3.72. The van der Waals surface area contributed by atoms with E-state index in [-0.39, 0.29) is 16.5 Å². The first-order chi connectivity index (χ1) is 9.42. The maximum atomic E-state index is 12.2. The lowest BCUT2D eigenvalue weighted by molar-refractivity contribution is 0.282. The van der Waals surface area contributed by atoms with Gasteiger partial charge in [0.25, 0.3) is 10.0 Å². The number of benzene rings is 1. The van der Waals surface area contributed by atoms with Crippen molar-refractivity contribution in [2.24, 2.45) is 0 Å². The maximum absolute atomic E-state index is 12.2. The number of hydrogen-bond acceptors (Lipinski definition) is 4. The third kappa shape index (κ3) is 3.27. The van der Waals surface area contributed by atoms with E-state index in [1.807, 2.05) is 0 Å². The fourth-order valence-electron chi connectivity index (χ4n) is 1.65. The quantitative estimate of drug-likeness (QED) is 0.908. The van der Waals surface area contributed by atoms with Gasteiger partial charge in [-0.2, -0.15) is 0 Å². The fourth-order valence-corrected chi connectivity index (χ4v) is 3.03. The number of sulfonamides is 1. The van der Waals surface area contributed by atoms with Crippen LogP contribution in [0, 0.1) is 6.92 Å². The number of aromatic nitrogens is 1. The summed E-state index contributed by atoms with van der Waals surface area (Å²) in [6.45, 7) is 1.53. The van der Waals surface area contributed by atoms with Crippen LogP contribution in [0.1, 0.15) is 11.3 Å². The standard InChI is InChI=1S/C13H13ClN2O3S/c1-9-6-11(4-5-15-9)16-20(18,19)12-3-2-10(8-17)13(14)7-12/h2-7,17H,8H2,1H3,(H,15,16). The van der Waals surface area contributed by atoms with Gasteiger partial charge in [-0.3, -0.25) is 9.71 Å². The molecule has 0 bridgehead atoms. The molecule has 0 amide bonds. The minimum atomic E-state index is -3.72. The molecule has 0 saturated carbocycles. The number of anilines is 1. The SMILES string of the molecule is Cc1cc(NS(=O)(=O)c2ccc(CO)c(Cl)c2)ccn1. The first kappa shape index (κ1) is 14.8. The molecule has 0 atom stereocenters. The predicted molar refractivity (Wildman–Crippen MR) is 77.2 cm³/mol. The van der Waals surface area contributed by atoms with Crippen molar-refractivity contribution in [1.82, 2.24) is 4.98 Å². The Hall–Kier alpha value is -1.63. The number of hydrogen-bond donors (Lipinski definition) is 2. The van der Waals surface area contributed by atoms with Crippen LogP contribution in [0.25, 0.3) is 0 Å². The summed E-state index contributed by atoms with van der Waals surface area (Å²) in [5.41, 5.74) is 1.61. The van der Waals surface area contributed by atoms with Gasteiger partial charge in [0.05, 0.1) is 17.2 Å². The maximum Gasteiger partial charge on any atom is 0.261 e. The van der Waals surface area contributed by atoms with Crippen molar-refractivity contribution >= 4 is 27.3 Å². The van der Waals surface area contributed by atoms with E-state index in [0.717, 1.165) is 0 Å². The van der Waals surface area contributed by atoms with Crippen molar-refractivity contribution in [2.45, 2.75) is 18.4 Å². The largest absolute Gasteiger partial charge is 0.392 e. The molecule has 2 rings (SSSR count). The van der Waals surface area contributed by atoms with Gasteiger partial charge in [-0.1, -0.05) is 17.7 Å². The van der Waals surface area contributed by atoms with Gasteiger partial charge in [0, 0.05) is 16.9 Å². The molecule has 106 valence electrons. The Morgan fingerprint density at radius 2 is 2.05 bits per heavy atom. The molecule has 7 heteroatoms. The summed E-state index contributed by atoms with van der Waals surface area (Å²) in [5.74, 6) is 0. The van der Waals surface area contributed by atoms with E-state index in [0.29, 0.717) is 16.9 Å². The molecule has 1 aromatic carbocycles. The van der Waals surface area contributed by atoms with E-state index >= 15 is 0 Å². The molecule has 5 nitrogen and oxygen atoms in total. The first-order valence-electron chi connectivity index (χ1n) is 5.77. The summed E-state index contributed by atoms with van der Waals surface area (Å²) in [5, 5.41) is 9.23. The summed E-state index contributed by atoms with van der Waals surface area (Å²) < 4.78 is 26.9. The van der Waals surface area contributed by atoms with E-state index in [2.05, 4.69) is 9.71 Å². The second kappa shape index (κ2) is 5.78. The van der Waals surface area contributed by atoms with E-state index in [9.17, 15) is 8.42 Å². The van der Waals surface area contributed by atoms with Crippen LogP contribution in [0.2, 0.25) is 5.02 Å². The third-order valence-corrected chi connectivity index (χ3v) is 4.38. The molecule has 2 N–H and O–H groups in total. The Balaban J connectivity index is 2.33. The topological polar surface area (TPSA) is 79.3 Å². The average Bonchev–Trinajstić information content (AvgIpc) is 2.38. The van der Waals surface area contributed by atoms with E-state index in [1.165, 1.54) is 24.4 Å². The number of halogens is 1. The van der Waals surface area contributed by atoms with Crippen molar-refractivity contribution in [1.29, 1.82) is 0 Å². The van der Waals surface area contributed by atoms with Crippen LogP contribution in [0.3, 0.4) is 0 Å². The van der Waals surface area contributed by atoms with Crippen LogP contribution in [-0.4, -0.2) is 18.5 Å². The molecular formula is C13H13ClN2O3S. The van der Waals surface area contributed by atoms with E-state index in [1.54, 1.807) is 19.1 Å². The van der Waals surface area contributed by atoms with Crippen molar-refractivity contribution in [3.8, 4) is 0 Å². The highest BCUT2D eigenvalue weighted by Crippen LogP contribution is 2.22. The number of aliphatic hydroxyl groups is 1. The van der Waals surface area contributed by atoms with Crippen molar-refractivity contribution < 1.29 is 13.5 Å². The van der Waals surface area contributed by atoms with Crippen molar-refractivity contribution in [3.05, 3.63) is 52.8 Å². The molecule has 20 heavy (non-hydrogen) atoms. The number of aliphatic hydroxyl groups excluding tert-OH is 1. The van der Waals surface area contributed by atoms with Gasteiger partial charge < -0.3 is 5.11 Å². The van der Waals surface area contributed by atoms with Crippen molar-refractivity contribution in [2.75, 3.05) is 4.72 Å². The van der Waals surface area contributed by atoms with Crippen LogP contribution < -0.4 is 4.72 Å². The zero-order valence-corrected chi connectivity index (χ0v) is 12.2. The Bertz CT molecular complexity index is 732. The number of rotatable bonds is 4. The minimum Gasteiger partial charge on any atom is -0.392 e. The number of pyridine rings is 1. The Morgan fingerprint density at radius 1 is 1.30 bits per heavy atom. The number of nitrogens with zero attached hydrogens (tertiary/aromatic N) is 1. The summed E-state index contributed by atoms with van der Waals surface area (Å²) in [6, 6.07) is 7.38. The molecule has 1 heterocycles. The molecule has 0 saturated heterocycles. The van der Waals surface area contributed by atoms with Crippen LogP contribution in [0.15, 0.2) is 41.4 Å². The number of nitrogens with one attached hydrogen (secondary N) is 1. The number of aryl methyl sites for hydroxylation is 1. The third-order valence-electron chi connectivity index (χ3n) is 2.65. The van der Waals surface area contributed by atoms with Gasteiger partial charge in [-0.05, 0) is 36.8 Å². The fraction of sp³-hybridized carbons (Fsp3) is 0.154. The normalized spacial score (nSPS) is 11.3. The van der Waals surface area contributed by atoms with E-state index < -0.39 is 10.0 Å². The zero-order valence-electron chi connectivity index (χ0n) is 10.7. The summed E-state index contributed by atoms with van der Waals surface area (Å²) in [4.78, 5) is 4.03. The van der Waals surface area contributed by atoms with Crippen LogP contribution in [-0.2, 0) is 16.6 Å². The van der Waals surface area contributed by atoms with Gasteiger partial charge in [-0.25, -0.2) is 8.42 Å². The Kier molecular flexibility index (Phi) is 4.27. The second-order valence-electron chi connectivity index (χ2n) is 4.20. The molecule has 1 aromatic heterocycles. The van der Waals surface area contributed by atoms with Gasteiger partial charge in [0.1, 0.15) is 0 Å². The smallest absolute Gasteiger partial charge is 0.261 e. The van der Waals surface area contributed by atoms with Crippen LogP contribution in [0.5, 0.6) is 0 Å². The molecule has 0 aliphatic rings. The van der Waals surface area contributed by atoms with Gasteiger partial charge in [-0.15, -0.1) is 0 Å².